The molecule has 0 aliphatic rings. The molecular weight excluding hydrogens is 299 g/mol. The molecule has 1 rings (SSSR count). The zero-order chi connectivity index (χ0) is 13.1. The van der Waals surface area contributed by atoms with Gasteiger partial charge >= 0.3 is 6.18 Å². The van der Waals surface area contributed by atoms with Crippen LogP contribution in [0.15, 0.2) is 27.8 Å². The van der Waals surface area contributed by atoms with Crippen LogP contribution >= 0.6 is 15.9 Å². The molecule has 1 aromatic carbocycles. The zero-order valence-corrected chi connectivity index (χ0v) is 10.9. The highest BCUT2D eigenvalue weighted by atomic mass is 79.9. The molecule has 0 N–H and O–H groups in total. The number of oxime groups is 1. The summed E-state index contributed by atoms with van der Waals surface area (Å²) >= 11 is 3.14. The topological polar surface area (TPSA) is 21.6 Å². The molecule has 0 radical (unpaired) electrons. The Morgan fingerprint density at radius 3 is 2.59 bits per heavy atom. The van der Waals surface area contributed by atoms with Crippen LogP contribution in [0.5, 0.6) is 0 Å². The monoisotopic (exact) mass is 309 g/mol. The van der Waals surface area contributed by atoms with E-state index in [4.69, 9.17) is 4.84 Å². The van der Waals surface area contributed by atoms with Crippen molar-refractivity contribution in [3.63, 3.8) is 0 Å². The van der Waals surface area contributed by atoms with E-state index in [1.54, 1.807) is 6.92 Å². The van der Waals surface area contributed by atoms with Gasteiger partial charge < -0.3 is 4.84 Å². The lowest BCUT2D eigenvalue weighted by molar-refractivity contribution is -0.137. The number of hydrogen-bond donors (Lipinski definition) is 0. The molecule has 0 aliphatic heterocycles. The Morgan fingerprint density at radius 2 is 2.06 bits per heavy atom. The number of benzene rings is 1. The molecule has 2 nitrogen and oxygen atoms in total. The van der Waals surface area contributed by atoms with E-state index in [1.807, 2.05) is 0 Å². The summed E-state index contributed by atoms with van der Waals surface area (Å²) in [6, 6.07) is 3.74. The summed E-state index contributed by atoms with van der Waals surface area (Å²) in [7, 11) is 0. The lowest BCUT2D eigenvalue weighted by Gasteiger charge is -2.12. The van der Waals surface area contributed by atoms with E-state index in [2.05, 4.69) is 21.1 Å². The maximum atomic E-state index is 12.8. The minimum atomic E-state index is -4.40. The lowest BCUT2D eigenvalue weighted by Crippen LogP contribution is -2.12. The first kappa shape index (κ1) is 14.0. The van der Waals surface area contributed by atoms with Crippen molar-refractivity contribution < 1.29 is 18.0 Å². The summed E-state index contributed by atoms with van der Waals surface area (Å²) in [6.07, 6.45) is -4.40. The van der Waals surface area contributed by atoms with E-state index < -0.39 is 11.7 Å². The van der Waals surface area contributed by atoms with Gasteiger partial charge in [-0.15, -0.1) is 0 Å². The van der Waals surface area contributed by atoms with Crippen molar-refractivity contribution in [3.05, 3.63) is 33.8 Å². The third-order valence-corrected chi connectivity index (χ3v) is 2.50. The van der Waals surface area contributed by atoms with Crippen molar-refractivity contribution in [1.29, 1.82) is 0 Å². The van der Waals surface area contributed by atoms with Crippen molar-refractivity contribution >= 4 is 21.6 Å². The van der Waals surface area contributed by atoms with Gasteiger partial charge in [0.05, 0.1) is 11.3 Å². The molecule has 1 aromatic rings. The Morgan fingerprint density at radius 1 is 1.41 bits per heavy atom. The highest BCUT2D eigenvalue weighted by Crippen LogP contribution is 2.33. The minimum Gasteiger partial charge on any atom is -0.396 e. The predicted octanol–water partition coefficient (Wildman–Crippen LogP) is 4.23. The molecule has 0 amide bonds. The van der Waals surface area contributed by atoms with Crippen molar-refractivity contribution in [2.45, 2.75) is 20.0 Å². The van der Waals surface area contributed by atoms with Gasteiger partial charge in [0.2, 0.25) is 0 Å². The van der Waals surface area contributed by atoms with Crippen LogP contribution in [0, 0.1) is 0 Å². The lowest BCUT2D eigenvalue weighted by atomic mass is 10.0. The molecule has 0 saturated carbocycles. The van der Waals surface area contributed by atoms with Crippen molar-refractivity contribution in [2.75, 3.05) is 6.61 Å². The maximum Gasteiger partial charge on any atom is 0.417 e. The van der Waals surface area contributed by atoms with Crippen molar-refractivity contribution in [1.82, 2.24) is 0 Å². The average Bonchev–Trinajstić information content (AvgIpc) is 2.24. The van der Waals surface area contributed by atoms with Gasteiger partial charge in [0.25, 0.3) is 0 Å². The molecule has 0 atom stereocenters. The SMILES string of the molecule is CCON=C(C)c1cc(Br)ccc1C(F)(F)F. The third kappa shape index (κ3) is 3.73. The fraction of sp³-hybridized carbons (Fsp3) is 0.364. The van der Waals surface area contributed by atoms with Crippen LogP contribution in [0.25, 0.3) is 0 Å². The second-order valence-electron chi connectivity index (χ2n) is 3.28. The summed E-state index contributed by atoms with van der Waals surface area (Å²) in [5.41, 5.74) is -0.512. The molecule has 0 aromatic heterocycles. The number of halogens is 4. The van der Waals surface area contributed by atoms with E-state index in [9.17, 15) is 13.2 Å². The van der Waals surface area contributed by atoms with Crippen LogP contribution in [0.4, 0.5) is 13.2 Å². The van der Waals surface area contributed by atoms with Crippen LogP contribution in [-0.4, -0.2) is 12.3 Å². The normalized spacial score (nSPS) is 12.7. The van der Waals surface area contributed by atoms with E-state index in [1.165, 1.54) is 19.1 Å². The van der Waals surface area contributed by atoms with Crippen molar-refractivity contribution in [3.8, 4) is 0 Å². The number of rotatable bonds is 3. The quantitative estimate of drug-likeness (QED) is 0.605. The molecule has 0 aliphatic carbocycles. The minimum absolute atomic E-state index is 0.0142. The Kier molecular flexibility index (Phi) is 4.56. The van der Waals surface area contributed by atoms with Gasteiger partial charge in [0, 0.05) is 10.0 Å². The van der Waals surface area contributed by atoms with E-state index in [0.717, 1.165) is 6.07 Å². The van der Waals surface area contributed by atoms with Crippen LogP contribution < -0.4 is 0 Å². The van der Waals surface area contributed by atoms with Crippen LogP contribution in [0.1, 0.15) is 25.0 Å². The first-order chi connectivity index (χ1) is 7.86. The molecular formula is C11H11BrF3NO. The van der Waals surface area contributed by atoms with Gasteiger partial charge in [-0.2, -0.15) is 13.2 Å². The summed E-state index contributed by atoms with van der Waals surface area (Å²) in [5.74, 6) is 0. The fourth-order valence-electron chi connectivity index (χ4n) is 1.27. The largest absolute Gasteiger partial charge is 0.417 e. The maximum absolute atomic E-state index is 12.8. The molecule has 0 bridgehead atoms. The standard InChI is InChI=1S/C11H11BrF3NO/c1-3-17-16-7(2)9-6-8(12)4-5-10(9)11(13,14)15/h4-6H,3H2,1-2H3. The third-order valence-electron chi connectivity index (χ3n) is 2.01. The Hall–Kier alpha value is -1.04. The average molecular weight is 310 g/mol. The summed E-state index contributed by atoms with van der Waals surface area (Å²) < 4.78 is 38.8. The van der Waals surface area contributed by atoms with Gasteiger partial charge in [-0.25, -0.2) is 0 Å². The molecule has 94 valence electrons. The highest BCUT2D eigenvalue weighted by Gasteiger charge is 2.34. The van der Waals surface area contributed by atoms with Crippen LogP contribution in [0.3, 0.4) is 0 Å². The predicted molar refractivity (Wildman–Crippen MR) is 63.0 cm³/mol. The summed E-state index contributed by atoms with van der Waals surface area (Å²) in [5, 5.41) is 3.62. The van der Waals surface area contributed by atoms with Crippen molar-refractivity contribution in [2.24, 2.45) is 5.16 Å². The summed E-state index contributed by atoms with van der Waals surface area (Å²) in [6.45, 7) is 3.50. The molecule has 0 unspecified atom stereocenters. The Labute approximate surface area is 106 Å². The van der Waals surface area contributed by atoms with E-state index in [0.29, 0.717) is 11.1 Å². The smallest absolute Gasteiger partial charge is 0.396 e. The van der Waals surface area contributed by atoms with Crippen LogP contribution in [-0.2, 0) is 11.0 Å². The van der Waals surface area contributed by atoms with Gasteiger partial charge in [0.1, 0.15) is 6.61 Å². The van der Waals surface area contributed by atoms with E-state index >= 15 is 0 Å². The number of hydrogen-bond acceptors (Lipinski definition) is 2. The first-order valence-electron chi connectivity index (χ1n) is 4.90. The molecule has 0 spiro atoms. The Balaban J connectivity index is 3.25. The molecule has 0 fully saturated rings. The van der Waals surface area contributed by atoms with E-state index in [-0.39, 0.29) is 11.3 Å². The zero-order valence-electron chi connectivity index (χ0n) is 9.31. The van der Waals surface area contributed by atoms with Crippen LogP contribution in [0.2, 0.25) is 0 Å². The first-order valence-corrected chi connectivity index (χ1v) is 5.69. The van der Waals surface area contributed by atoms with Gasteiger partial charge in [0.15, 0.2) is 0 Å². The highest BCUT2D eigenvalue weighted by molar-refractivity contribution is 9.10. The second-order valence-corrected chi connectivity index (χ2v) is 4.20. The van der Waals surface area contributed by atoms with Gasteiger partial charge in [-0.05, 0) is 32.0 Å². The molecule has 6 heteroatoms. The second kappa shape index (κ2) is 5.53. The fourth-order valence-corrected chi connectivity index (χ4v) is 1.63. The molecule has 0 heterocycles. The summed E-state index contributed by atoms with van der Waals surface area (Å²) in [4.78, 5) is 4.76. The van der Waals surface area contributed by atoms with Gasteiger partial charge in [-0.1, -0.05) is 21.1 Å². The number of alkyl halides is 3. The van der Waals surface area contributed by atoms with Gasteiger partial charge in [-0.3, -0.25) is 0 Å². The Bertz CT molecular complexity index is 429. The molecule has 0 saturated heterocycles. The number of nitrogens with zero attached hydrogens (tertiary/aromatic N) is 1. The molecule has 17 heavy (non-hydrogen) atoms.